The van der Waals surface area contributed by atoms with Crippen LogP contribution in [0.1, 0.15) is 19.8 Å². The molecule has 12 heavy (non-hydrogen) atoms. The average Bonchev–Trinajstić information content (AvgIpc) is 2.56. The Bertz CT molecular complexity index is 157. The van der Waals surface area contributed by atoms with Gasteiger partial charge in [-0.2, -0.15) is 0 Å². The number of hydrogen-bond acceptors (Lipinski definition) is 2. The summed E-state index contributed by atoms with van der Waals surface area (Å²) in [4.78, 5) is 13.1. The molecule has 1 rings (SSSR count). The van der Waals surface area contributed by atoms with Gasteiger partial charge in [-0.3, -0.25) is 0 Å². The predicted molar refractivity (Wildman–Crippen MR) is 50.5 cm³/mol. The van der Waals surface area contributed by atoms with Crippen LogP contribution in [0.4, 0.5) is 4.79 Å². The van der Waals surface area contributed by atoms with Crippen molar-refractivity contribution in [3.05, 3.63) is 0 Å². The average molecular weight is 236 g/mol. The Morgan fingerprint density at radius 2 is 2.17 bits per heavy atom. The second-order valence-corrected chi connectivity index (χ2v) is 3.69. The van der Waals surface area contributed by atoms with Crippen LogP contribution in [0.2, 0.25) is 0 Å². The maximum absolute atomic E-state index is 11.3. The lowest BCUT2D eigenvalue weighted by atomic mass is 10.4. The van der Waals surface area contributed by atoms with Gasteiger partial charge in [-0.05, 0) is 19.8 Å². The van der Waals surface area contributed by atoms with Crippen LogP contribution in [0.5, 0.6) is 0 Å². The molecule has 1 fully saturated rings. The Morgan fingerprint density at radius 1 is 1.58 bits per heavy atom. The van der Waals surface area contributed by atoms with Gasteiger partial charge < -0.3 is 9.64 Å². The standard InChI is InChI=1S/C8H14BrNO2/c1-7(6-9)12-8(11)10-4-2-3-5-10/h7H,2-6H2,1H3. The van der Waals surface area contributed by atoms with Crippen molar-refractivity contribution in [3.63, 3.8) is 0 Å². The Balaban J connectivity index is 2.27. The van der Waals surface area contributed by atoms with Crippen molar-refractivity contribution in [2.75, 3.05) is 18.4 Å². The Hall–Kier alpha value is -0.250. The van der Waals surface area contributed by atoms with Gasteiger partial charge in [-0.15, -0.1) is 0 Å². The Labute approximate surface area is 81.2 Å². The molecule has 1 aliphatic rings. The van der Waals surface area contributed by atoms with Crippen molar-refractivity contribution in [2.24, 2.45) is 0 Å². The van der Waals surface area contributed by atoms with Gasteiger partial charge >= 0.3 is 6.09 Å². The quantitative estimate of drug-likeness (QED) is 0.686. The molecule has 0 N–H and O–H groups in total. The molecule has 4 heteroatoms. The molecule has 1 unspecified atom stereocenters. The molecular weight excluding hydrogens is 222 g/mol. The maximum Gasteiger partial charge on any atom is 0.410 e. The van der Waals surface area contributed by atoms with E-state index in [4.69, 9.17) is 4.74 Å². The zero-order valence-electron chi connectivity index (χ0n) is 7.25. The Kier molecular flexibility index (Phi) is 3.85. The zero-order valence-corrected chi connectivity index (χ0v) is 8.84. The Morgan fingerprint density at radius 3 is 2.67 bits per heavy atom. The highest BCUT2D eigenvalue weighted by Gasteiger charge is 2.20. The minimum absolute atomic E-state index is 0.0295. The van der Waals surface area contributed by atoms with Crippen LogP contribution < -0.4 is 0 Å². The zero-order chi connectivity index (χ0) is 8.97. The number of rotatable bonds is 2. The van der Waals surface area contributed by atoms with Gasteiger partial charge in [0.2, 0.25) is 0 Å². The minimum Gasteiger partial charge on any atom is -0.446 e. The van der Waals surface area contributed by atoms with E-state index in [1.54, 1.807) is 4.90 Å². The van der Waals surface area contributed by atoms with Gasteiger partial charge in [0.25, 0.3) is 0 Å². The predicted octanol–water partition coefficient (Wildman–Crippen LogP) is 2.00. The number of alkyl halides is 1. The molecule has 70 valence electrons. The molecule has 0 aromatic heterocycles. The van der Waals surface area contributed by atoms with Gasteiger partial charge in [0.1, 0.15) is 6.10 Å². The van der Waals surface area contributed by atoms with E-state index in [0.29, 0.717) is 5.33 Å². The van der Waals surface area contributed by atoms with E-state index in [1.165, 1.54) is 0 Å². The molecule has 0 aromatic rings. The fourth-order valence-electron chi connectivity index (χ4n) is 1.18. The molecule has 0 bridgehead atoms. The normalized spacial score (nSPS) is 19.3. The van der Waals surface area contributed by atoms with Crippen LogP contribution in [0, 0.1) is 0 Å². The number of nitrogens with zero attached hydrogens (tertiary/aromatic N) is 1. The van der Waals surface area contributed by atoms with Crippen LogP contribution in [-0.4, -0.2) is 35.5 Å². The van der Waals surface area contributed by atoms with Gasteiger partial charge in [0.15, 0.2) is 0 Å². The van der Waals surface area contributed by atoms with Crippen molar-refractivity contribution in [1.29, 1.82) is 0 Å². The number of halogens is 1. The van der Waals surface area contributed by atoms with Gasteiger partial charge in [-0.1, -0.05) is 15.9 Å². The highest BCUT2D eigenvalue weighted by molar-refractivity contribution is 9.09. The first-order chi connectivity index (χ1) is 5.74. The summed E-state index contributed by atoms with van der Waals surface area (Å²) >= 11 is 3.26. The molecular formula is C8H14BrNO2. The van der Waals surface area contributed by atoms with Crippen molar-refractivity contribution >= 4 is 22.0 Å². The third-order valence-corrected chi connectivity index (χ3v) is 2.80. The summed E-state index contributed by atoms with van der Waals surface area (Å²) in [6.45, 7) is 3.59. The lowest BCUT2D eigenvalue weighted by Crippen LogP contribution is -2.31. The smallest absolute Gasteiger partial charge is 0.410 e. The van der Waals surface area contributed by atoms with E-state index >= 15 is 0 Å². The molecule has 3 nitrogen and oxygen atoms in total. The van der Waals surface area contributed by atoms with Crippen LogP contribution in [0.15, 0.2) is 0 Å². The highest BCUT2D eigenvalue weighted by Crippen LogP contribution is 2.10. The number of hydrogen-bond donors (Lipinski definition) is 0. The molecule has 1 amide bonds. The van der Waals surface area contributed by atoms with E-state index in [9.17, 15) is 4.79 Å². The first kappa shape index (κ1) is 9.84. The van der Waals surface area contributed by atoms with Gasteiger partial charge in [-0.25, -0.2) is 4.79 Å². The van der Waals surface area contributed by atoms with E-state index < -0.39 is 0 Å². The summed E-state index contributed by atoms with van der Waals surface area (Å²) in [7, 11) is 0. The van der Waals surface area contributed by atoms with Crippen molar-refractivity contribution < 1.29 is 9.53 Å². The fourth-order valence-corrected chi connectivity index (χ4v) is 1.31. The third kappa shape index (κ3) is 2.66. The van der Waals surface area contributed by atoms with Gasteiger partial charge in [0, 0.05) is 18.4 Å². The number of amides is 1. The van der Waals surface area contributed by atoms with Crippen LogP contribution in [0.3, 0.4) is 0 Å². The molecule has 0 aromatic carbocycles. The fraction of sp³-hybridized carbons (Fsp3) is 0.875. The number of likely N-dealkylation sites (tertiary alicyclic amines) is 1. The van der Waals surface area contributed by atoms with E-state index in [0.717, 1.165) is 25.9 Å². The van der Waals surface area contributed by atoms with Crippen LogP contribution in [0.25, 0.3) is 0 Å². The van der Waals surface area contributed by atoms with Crippen LogP contribution in [-0.2, 0) is 4.74 Å². The van der Waals surface area contributed by atoms with Crippen molar-refractivity contribution in [3.8, 4) is 0 Å². The molecule has 0 aliphatic carbocycles. The maximum atomic E-state index is 11.3. The first-order valence-electron chi connectivity index (χ1n) is 4.25. The number of carbonyl (C=O) groups is 1. The molecule has 0 saturated carbocycles. The second kappa shape index (κ2) is 4.70. The number of carbonyl (C=O) groups excluding carboxylic acids is 1. The topological polar surface area (TPSA) is 29.5 Å². The molecule has 1 aliphatic heterocycles. The molecule has 0 radical (unpaired) electrons. The molecule has 1 atom stereocenters. The van der Waals surface area contributed by atoms with E-state index in [-0.39, 0.29) is 12.2 Å². The summed E-state index contributed by atoms with van der Waals surface area (Å²) in [5, 5.41) is 0.701. The summed E-state index contributed by atoms with van der Waals surface area (Å²) in [5.74, 6) is 0. The first-order valence-corrected chi connectivity index (χ1v) is 5.37. The van der Waals surface area contributed by atoms with Crippen LogP contribution >= 0.6 is 15.9 Å². The number of ether oxygens (including phenoxy) is 1. The summed E-state index contributed by atoms with van der Waals surface area (Å²) in [6, 6.07) is 0. The largest absolute Gasteiger partial charge is 0.446 e. The van der Waals surface area contributed by atoms with Crippen molar-refractivity contribution in [2.45, 2.75) is 25.9 Å². The van der Waals surface area contributed by atoms with Gasteiger partial charge in [0.05, 0.1) is 0 Å². The summed E-state index contributed by atoms with van der Waals surface area (Å²) < 4.78 is 5.12. The molecule has 1 heterocycles. The highest BCUT2D eigenvalue weighted by atomic mass is 79.9. The monoisotopic (exact) mass is 235 g/mol. The van der Waals surface area contributed by atoms with E-state index in [1.807, 2.05) is 6.92 Å². The molecule has 1 saturated heterocycles. The molecule has 0 spiro atoms. The third-order valence-electron chi connectivity index (χ3n) is 1.88. The lowest BCUT2D eigenvalue weighted by Gasteiger charge is -2.17. The summed E-state index contributed by atoms with van der Waals surface area (Å²) in [5.41, 5.74) is 0. The lowest BCUT2D eigenvalue weighted by molar-refractivity contribution is 0.0858. The second-order valence-electron chi connectivity index (χ2n) is 3.04. The SMILES string of the molecule is CC(CBr)OC(=O)N1CCCC1. The minimum atomic E-state index is -0.167. The summed E-state index contributed by atoms with van der Waals surface area (Å²) in [6.07, 6.45) is 2.02. The van der Waals surface area contributed by atoms with E-state index in [2.05, 4.69) is 15.9 Å². The van der Waals surface area contributed by atoms with Crippen molar-refractivity contribution in [1.82, 2.24) is 4.90 Å².